The Balaban J connectivity index is 2.73. The Morgan fingerprint density at radius 3 is 2.17 bits per heavy atom. The third kappa shape index (κ3) is 9.99. The van der Waals surface area contributed by atoms with Crippen molar-refractivity contribution in [1.29, 1.82) is 0 Å². The second-order valence-corrected chi connectivity index (χ2v) is 0.953. The van der Waals surface area contributed by atoms with Crippen molar-refractivity contribution >= 4 is 9.47 Å². The van der Waals surface area contributed by atoms with Crippen molar-refractivity contribution in [3.05, 3.63) is 0 Å². The van der Waals surface area contributed by atoms with Crippen molar-refractivity contribution in [2.75, 3.05) is 0 Å². The number of rotatable bonds is 9. The van der Waals surface area contributed by atoms with Crippen molar-refractivity contribution in [2.24, 2.45) is 0 Å². The average Bonchev–Trinajstić information content (AvgIpc) is 2.10. The first-order valence-corrected chi connectivity index (χ1v) is 2.46. The van der Waals surface area contributed by atoms with Crippen LogP contribution in [0.1, 0.15) is 0 Å². The van der Waals surface area contributed by atoms with Gasteiger partial charge in [-0.2, -0.15) is 4.67 Å². The molecule has 12 heteroatoms. The minimum Gasteiger partial charge on any atom is -0.219 e. The molecule has 0 rings (SSSR count). The number of nitrogens with one attached hydrogen (secondary N) is 1. The molecule has 12 heavy (non-hydrogen) atoms. The van der Waals surface area contributed by atoms with E-state index >= 15 is 0 Å². The predicted molar refractivity (Wildman–Crippen MR) is 25.2 cm³/mol. The zero-order valence-corrected chi connectivity index (χ0v) is 6.35. The van der Waals surface area contributed by atoms with Crippen LogP contribution in [0.2, 0.25) is 0 Å². The molecule has 0 saturated carbocycles. The first kappa shape index (κ1) is 12.0. The van der Waals surface area contributed by atoms with Gasteiger partial charge in [0, 0.05) is 9.47 Å². The maximum absolute atomic E-state index is 7.45. The van der Waals surface area contributed by atoms with Gasteiger partial charge in [0.25, 0.3) is 0 Å². The molecule has 74 valence electrons. The molecule has 0 aromatic carbocycles. The Morgan fingerprint density at radius 1 is 0.917 bits per heavy atom. The first-order valence-electron chi connectivity index (χ1n) is 1.99. The minimum atomic E-state index is 1.45. The lowest BCUT2D eigenvalue weighted by molar-refractivity contribution is -0.754. The lowest BCUT2D eigenvalue weighted by Gasteiger charge is -1.98. The van der Waals surface area contributed by atoms with Crippen molar-refractivity contribution in [1.82, 2.24) is 5.64 Å². The van der Waals surface area contributed by atoms with Crippen LogP contribution < -0.4 is 5.64 Å². The largest absolute Gasteiger partial charge is 0.219 e. The summed E-state index contributed by atoms with van der Waals surface area (Å²) >= 11 is 0. The zero-order valence-electron chi connectivity index (χ0n) is 5.20. The molecule has 0 aromatic heterocycles. The summed E-state index contributed by atoms with van der Waals surface area (Å²) in [5.41, 5.74) is 1.45. The van der Waals surface area contributed by atoms with Gasteiger partial charge in [-0.3, -0.25) is 0 Å². The van der Waals surface area contributed by atoms with Gasteiger partial charge in [-0.15, -0.1) is 0 Å². The second kappa shape index (κ2) is 11.0. The lowest BCUT2D eigenvalue weighted by Crippen LogP contribution is -2.16. The smallest absolute Gasteiger partial charge is 0.0457 e. The highest BCUT2D eigenvalue weighted by atomic mass is 31.0. The van der Waals surface area contributed by atoms with Crippen LogP contribution in [-0.2, 0) is 44.9 Å². The predicted octanol–water partition coefficient (Wildman–Crippen LogP) is -0.777. The van der Waals surface area contributed by atoms with Gasteiger partial charge in [0.15, 0.2) is 0 Å². The summed E-state index contributed by atoms with van der Waals surface area (Å²) in [6.45, 7) is 0. The quantitative estimate of drug-likeness (QED) is 0.215. The Morgan fingerprint density at radius 2 is 1.58 bits per heavy atom. The molecule has 0 aliphatic carbocycles. The van der Waals surface area contributed by atoms with E-state index in [0.29, 0.717) is 0 Å². The Kier molecular flexibility index (Phi) is 11.0. The van der Waals surface area contributed by atoms with E-state index in [-0.39, 0.29) is 0 Å². The molecule has 11 nitrogen and oxygen atoms in total. The Bertz CT molecular complexity index is 66.2. The van der Waals surface area contributed by atoms with Crippen LogP contribution in [0.3, 0.4) is 0 Å². The minimum absolute atomic E-state index is 1.45. The summed E-state index contributed by atoms with van der Waals surface area (Å²) in [6, 6.07) is 0. The molecule has 0 aliphatic rings. The summed E-state index contributed by atoms with van der Waals surface area (Å²) in [6.07, 6.45) is 0. The summed E-state index contributed by atoms with van der Waals surface area (Å²) in [5, 5.41) is 28.0. The molecule has 0 aromatic rings. The van der Waals surface area contributed by atoms with E-state index in [4.69, 9.17) is 5.26 Å². The van der Waals surface area contributed by atoms with E-state index in [9.17, 15) is 0 Å². The van der Waals surface area contributed by atoms with Crippen molar-refractivity contribution < 1.29 is 50.1 Å². The lowest BCUT2D eigenvalue weighted by atomic mass is 13.2. The summed E-state index contributed by atoms with van der Waals surface area (Å²) in [7, 11) is 1.68. The van der Waals surface area contributed by atoms with E-state index in [2.05, 4.69) is 44.9 Å². The van der Waals surface area contributed by atoms with Crippen LogP contribution >= 0.6 is 9.47 Å². The zero-order chi connectivity index (χ0) is 9.07. The Labute approximate surface area is 66.5 Å². The van der Waals surface area contributed by atoms with E-state index in [0.717, 1.165) is 0 Å². The third-order valence-corrected chi connectivity index (χ3v) is 0.368. The van der Waals surface area contributed by atoms with Crippen molar-refractivity contribution in [3.63, 3.8) is 0 Å². The van der Waals surface area contributed by atoms with E-state index in [1.54, 1.807) is 9.47 Å². The molecule has 0 amide bonds. The van der Waals surface area contributed by atoms with E-state index < -0.39 is 0 Å². The molecule has 1 unspecified atom stereocenters. The van der Waals surface area contributed by atoms with E-state index in [1.807, 2.05) is 0 Å². The van der Waals surface area contributed by atoms with Crippen LogP contribution in [-0.4, -0.2) is 5.26 Å². The highest BCUT2D eigenvalue weighted by molar-refractivity contribution is 7.09. The first-order chi connectivity index (χ1) is 5.91. The van der Waals surface area contributed by atoms with Gasteiger partial charge in [-0.1, -0.05) is 9.98 Å². The average molecular weight is 209 g/mol. The van der Waals surface area contributed by atoms with Gasteiger partial charge < -0.3 is 0 Å². The summed E-state index contributed by atoms with van der Waals surface area (Å²) < 4.78 is 3.80. The molecular formula is H4NO10P. The number of hydrogen-bond donors (Lipinski definition) is 2. The standard InChI is InChI=1S/H4NO10P/c2-5-8-6-3-1-4-7-9-10-11-12/h1-2H,12H2. The molecule has 0 bridgehead atoms. The summed E-state index contributed by atoms with van der Waals surface area (Å²) in [5.74, 6) is 0. The molecule has 0 spiro atoms. The molecule has 0 fully saturated rings. The molecule has 0 aliphatic heterocycles. The van der Waals surface area contributed by atoms with Crippen molar-refractivity contribution in [3.8, 4) is 0 Å². The van der Waals surface area contributed by atoms with Crippen LogP contribution in [0, 0.1) is 0 Å². The molecule has 1 atom stereocenters. The fourth-order valence-corrected chi connectivity index (χ4v) is 0.141. The normalized spacial score (nSPS) is 10.5. The Hall–Kier alpha value is -0.01000. The molecule has 0 saturated heterocycles. The topological polar surface area (TPSA) is 115 Å². The van der Waals surface area contributed by atoms with Crippen LogP contribution in [0.15, 0.2) is 0 Å². The maximum atomic E-state index is 7.45. The monoisotopic (exact) mass is 209 g/mol. The van der Waals surface area contributed by atoms with Crippen LogP contribution in [0.4, 0.5) is 0 Å². The highest BCUT2D eigenvalue weighted by Crippen LogP contribution is 1.88. The molecule has 2 N–H and O–H groups in total. The molecule has 0 heterocycles. The van der Waals surface area contributed by atoms with Crippen LogP contribution in [0.25, 0.3) is 0 Å². The number of hydrogen-bond acceptors (Lipinski definition) is 11. The fourth-order valence-electron chi connectivity index (χ4n) is 0.109. The highest BCUT2D eigenvalue weighted by Gasteiger charge is 1.91. The third-order valence-electron chi connectivity index (χ3n) is 0.289. The van der Waals surface area contributed by atoms with E-state index in [1.165, 1.54) is 5.64 Å². The molecule has 0 radical (unpaired) electrons. The van der Waals surface area contributed by atoms with Gasteiger partial charge in [0.2, 0.25) is 0 Å². The van der Waals surface area contributed by atoms with Gasteiger partial charge in [-0.05, 0) is 35.9 Å². The maximum Gasteiger partial charge on any atom is 0.0457 e. The van der Waals surface area contributed by atoms with Crippen LogP contribution in [0.5, 0.6) is 0 Å². The summed E-state index contributed by atoms with van der Waals surface area (Å²) in [4.78, 5) is 7.40. The van der Waals surface area contributed by atoms with Gasteiger partial charge in [0.05, 0.1) is 0 Å². The fraction of sp³-hybridized carbons (Fsp3) is 0. The SMILES string of the molecule is OOOOONOOOOOP. The van der Waals surface area contributed by atoms with Gasteiger partial charge >= 0.3 is 0 Å². The second-order valence-electron chi connectivity index (χ2n) is 0.761. The van der Waals surface area contributed by atoms with Gasteiger partial charge in [0.1, 0.15) is 0 Å². The van der Waals surface area contributed by atoms with Crippen molar-refractivity contribution in [2.45, 2.75) is 0 Å². The van der Waals surface area contributed by atoms with Gasteiger partial charge in [-0.25, -0.2) is 5.26 Å². The molecular weight excluding hydrogens is 205 g/mol.